The van der Waals surface area contributed by atoms with E-state index in [-0.39, 0.29) is 11.9 Å². The summed E-state index contributed by atoms with van der Waals surface area (Å²) < 4.78 is 0. The summed E-state index contributed by atoms with van der Waals surface area (Å²) in [4.78, 5) is 38.1. The van der Waals surface area contributed by atoms with E-state index < -0.39 is 16.9 Å². The minimum Gasteiger partial charge on any atom is -0.481 e. The lowest BCUT2D eigenvalue weighted by atomic mass is 9.90. The van der Waals surface area contributed by atoms with Gasteiger partial charge in [-0.1, -0.05) is 0 Å². The Labute approximate surface area is 117 Å². The van der Waals surface area contributed by atoms with E-state index in [1.807, 2.05) is 4.90 Å². The molecular weight excluding hydrogens is 262 g/mol. The molecule has 0 bridgehead atoms. The lowest BCUT2D eigenvalue weighted by Crippen LogP contribution is -2.42. The number of nitrogens with zero attached hydrogens (tertiary/aromatic N) is 2. The number of hydrogen-bond donors (Lipinski definition) is 2. The molecule has 112 valence electrons. The quantitative estimate of drug-likeness (QED) is 0.715. The van der Waals surface area contributed by atoms with Gasteiger partial charge in [-0.3, -0.25) is 14.5 Å². The summed E-state index contributed by atoms with van der Waals surface area (Å²) in [5.41, 5.74) is -1.58. The molecule has 20 heavy (non-hydrogen) atoms. The first-order valence-corrected chi connectivity index (χ1v) is 6.76. The molecule has 2 fully saturated rings. The van der Waals surface area contributed by atoms with E-state index in [9.17, 15) is 14.4 Å². The fraction of sp³-hybridized carbons (Fsp3) is 0.769. The molecule has 7 nitrogen and oxygen atoms in total. The van der Waals surface area contributed by atoms with E-state index in [0.29, 0.717) is 32.6 Å². The van der Waals surface area contributed by atoms with Gasteiger partial charge in [0.05, 0.1) is 5.41 Å². The Morgan fingerprint density at radius 2 is 1.95 bits per heavy atom. The van der Waals surface area contributed by atoms with Gasteiger partial charge < -0.3 is 15.3 Å². The number of imide groups is 1. The summed E-state index contributed by atoms with van der Waals surface area (Å²) in [6.45, 7) is 7.01. The molecule has 2 saturated heterocycles. The van der Waals surface area contributed by atoms with Gasteiger partial charge >= 0.3 is 12.0 Å². The fourth-order valence-corrected chi connectivity index (χ4v) is 2.68. The minimum absolute atomic E-state index is 0.234. The van der Waals surface area contributed by atoms with E-state index in [4.69, 9.17) is 5.11 Å². The highest BCUT2D eigenvalue weighted by Gasteiger charge is 2.45. The third kappa shape index (κ3) is 2.49. The third-order valence-electron chi connectivity index (χ3n) is 4.15. The highest BCUT2D eigenvalue weighted by Crippen LogP contribution is 2.30. The summed E-state index contributed by atoms with van der Waals surface area (Å²) in [6, 6.07) is -0.375. The number of urea groups is 1. The molecule has 2 heterocycles. The highest BCUT2D eigenvalue weighted by molar-refractivity contribution is 6.06. The smallest absolute Gasteiger partial charge is 0.325 e. The second-order valence-corrected chi connectivity index (χ2v) is 6.40. The Morgan fingerprint density at radius 1 is 1.30 bits per heavy atom. The van der Waals surface area contributed by atoms with Crippen LogP contribution in [-0.2, 0) is 9.59 Å². The van der Waals surface area contributed by atoms with Crippen LogP contribution in [0.3, 0.4) is 0 Å². The van der Waals surface area contributed by atoms with Crippen LogP contribution in [0.2, 0.25) is 0 Å². The molecule has 0 radical (unpaired) electrons. The molecule has 2 aliphatic rings. The summed E-state index contributed by atoms with van der Waals surface area (Å²) >= 11 is 0. The summed E-state index contributed by atoms with van der Waals surface area (Å²) in [6.07, 6.45) is 0.591. The molecular formula is C13H21N3O4. The zero-order valence-electron chi connectivity index (χ0n) is 12.1. The van der Waals surface area contributed by atoms with E-state index >= 15 is 0 Å². The van der Waals surface area contributed by atoms with Crippen LogP contribution in [0.25, 0.3) is 0 Å². The van der Waals surface area contributed by atoms with Gasteiger partial charge in [-0.15, -0.1) is 0 Å². The number of carboxylic acid groups (broad SMARTS) is 1. The number of carbonyl (C=O) groups excluding carboxylic acids is 2. The number of carboxylic acids is 1. The van der Waals surface area contributed by atoms with Gasteiger partial charge in [0, 0.05) is 19.6 Å². The molecule has 2 aliphatic heterocycles. The van der Waals surface area contributed by atoms with Crippen LogP contribution in [0.15, 0.2) is 0 Å². The van der Waals surface area contributed by atoms with Crippen molar-refractivity contribution in [2.75, 3.05) is 26.2 Å². The van der Waals surface area contributed by atoms with Crippen LogP contribution < -0.4 is 5.32 Å². The predicted octanol–water partition coefficient (Wildman–Crippen LogP) is 0.113. The van der Waals surface area contributed by atoms with Crippen LogP contribution in [-0.4, -0.2) is 64.5 Å². The molecule has 0 aromatic heterocycles. The number of nitrogens with one attached hydrogen (secondary N) is 1. The van der Waals surface area contributed by atoms with Crippen molar-refractivity contribution in [2.45, 2.75) is 32.7 Å². The van der Waals surface area contributed by atoms with Gasteiger partial charge in [0.2, 0.25) is 0 Å². The first kappa shape index (κ1) is 14.8. The number of aliphatic carboxylic acids is 1. The first-order chi connectivity index (χ1) is 9.16. The molecule has 1 atom stereocenters. The summed E-state index contributed by atoms with van der Waals surface area (Å²) in [7, 11) is 0. The lowest BCUT2D eigenvalue weighted by molar-refractivity contribution is -0.147. The molecule has 3 amide bonds. The second kappa shape index (κ2) is 4.73. The molecule has 0 aromatic carbocycles. The number of amides is 3. The van der Waals surface area contributed by atoms with Gasteiger partial charge in [0.15, 0.2) is 0 Å². The van der Waals surface area contributed by atoms with Crippen molar-refractivity contribution in [1.29, 1.82) is 0 Å². The molecule has 0 saturated carbocycles. The maximum Gasteiger partial charge on any atom is 0.325 e. The van der Waals surface area contributed by atoms with Crippen LogP contribution in [0.4, 0.5) is 4.79 Å². The Hall–Kier alpha value is -1.63. The van der Waals surface area contributed by atoms with Crippen LogP contribution >= 0.6 is 0 Å². The molecule has 0 spiro atoms. The topological polar surface area (TPSA) is 89.9 Å². The van der Waals surface area contributed by atoms with Crippen molar-refractivity contribution in [2.24, 2.45) is 5.41 Å². The molecule has 0 aliphatic carbocycles. The van der Waals surface area contributed by atoms with E-state index in [1.54, 1.807) is 20.8 Å². The SMILES string of the molecule is CC1(C(=O)O)CCN(CCN2C(=O)NC(C)(C)C2=O)C1. The zero-order chi connectivity index (χ0) is 15.1. The third-order valence-corrected chi connectivity index (χ3v) is 4.15. The molecule has 2 N–H and O–H groups in total. The Bertz CT molecular complexity index is 463. The first-order valence-electron chi connectivity index (χ1n) is 6.76. The van der Waals surface area contributed by atoms with Gasteiger partial charge in [-0.05, 0) is 33.7 Å². The zero-order valence-corrected chi connectivity index (χ0v) is 12.1. The van der Waals surface area contributed by atoms with E-state index in [0.717, 1.165) is 0 Å². The van der Waals surface area contributed by atoms with Gasteiger partial charge in [0.25, 0.3) is 5.91 Å². The Morgan fingerprint density at radius 3 is 2.40 bits per heavy atom. The second-order valence-electron chi connectivity index (χ2n) is 6.40. The molecule has 2 rings (SSSR count). The summed E-state index contributed by atoms with van der Waals surface area (Å²) in [5, 5.41) is 11.8. The van der Waals surface area contributed by atoms with Crippen molar-refractivity contribution in [3.8, 4) is 0 Å². The highest BCUT2D eigenvalue weighted by atomic mass is 16.4. The monoisotopic (exact) mass is 283 g/mol. The molecule has 0 aromatic rings. The summed E-state index contributed by atoms with van der Waals surface area (Å²) in [5.74, 6) is -1.03. The van der Waals surface area contributed by atoms with Crippen LogP contribution in [0.1, 0.15) is 27.2 Å². The molecule has 7 heteroatoms. The normalized spacial score (nSPS) is 29.9. The van der Waals surface area contributed by atoms with Crippen molar-refractivity contribution in [3.63, 3.8) is 0 Å². The van der Waals surface area contributed by atoms with Gasteiger partial charge in [-0.2, -0.15) is 0 Å². The van der Waals surface area contributed by atoms with Crippen molar-refractivity contribution < 1.29 is 19.5 Å². The van der Waals surface area contributed by atoms with E-state index in [1.165, 1.54) is 4.90 Å². The average molecular weight is 283 g/mol. The molecule has 1 unspecified atom stereocenters. The number of rotatable bonds is 4. The average Bonchev–Trinajstić information content (AvgIpc) is 2.79. The number of carbonyl (C=O) groups is 3. The standard InChI is InChI=1S/C13H21N3O4/c1-12(2)9(17)16(11(20)14-12)7-6-15-5-4-13(3,8-15)10(18)19/h4-8H2,1-3H3,(H,14,20)(H,18,19). The van der Waals surface area contributed by atoms with Crippen molar-refractivity contribution in [3.05, 3.63) is 0 Å². The Kier molecular flexibility index (Phi) is 3.49. The van der Waals surface area contributed by atoms with Gasteiger partial charge in [-0.25, -0.2) is 4.79 Å². The maximum absolute atomic E-state index is 12.0. The van der Waals surface area contributed by atoms with Crippen molar-refractivity contribution >= 4 is 17.9 Å². The van der Waals surface area contributed by atoms with E-state index in [2.05, 4.69) is 5.32 Å². The largest absolute Gasteiger partial charge is 0.481 e. The minimum atomic E-state index is -0.850. The Balaban J connectivity index is 1.90. The van der Waals surface area contributed by atoms with Crippen LogP contribution in [0, 0.1) is 5.41 Å². The van der Waals surface area contributed by atoms with Crippen molar-refractivity contribution in [1.82, 2.24) is 15.1 Å². The van der Waals surface area contributed by atoms with Gasteiger partial charge in [0.1, 0.15) is 5.54 Å². The fourth-order valence-electron chi connectivity index (χ4n) is 2.68. The predicted molar refractivity (Wildman–Crippen MR) is 71.1 cm³/mol. The van der Waals surface area contributed by atoms with Crippen LogP contribution in [0.5, 0.6) is 0 Å². The number of likely N-dealkylation sites (tertiary alicyclic amines) is 1. The maximum atomic E-state index is 12.0. The lowest BCUT2D eigenvalue weighted by Gasteiger charge is -2.22. The number of hydrogen-bond acceptors (Lipinski definition) is 4.